The minimum absolute atomic E-state index is 0.523. The fourth-order valence-corrected chi connectivity index (χ4v) is 3.20. The van der Waals surface area contributed by atoms with Crippen molar-refractivity contribution in [3.05, 3.63) is 0 Å². The zero-order chi connectivity index (χ0) is 11.7. The summed E-state index contributed by atoms with van der Waals surface area (Å²) in [5.41, 5.74) is 1.26. The molecule has 0 spiro atoms. The molecule has 0 aromatic rings. The Kier molecular flexibility index (Phi) is 3.90. The van der Waals surface area contributed by atoms with Gasteiger partial charge >= 0.3 is 0 Å². The predicted octanol–water partition coefficient (Wildman–Crippen LogP) is 5.28. The maximum Gasteiger partial charge on any atom is -0.0243 e. The van der Waals surface area contributed by atoms with Crippen LogP contribution in [0.5, 0.6) is 0 Å². The van der Waals surface area contributed by atoms with Gasteiger partial charge in [0.2, 0.25) is 0 Å². The summed E-state index contributed by atoms with van der Waals surface area (Å²) in [5.74, 6) is 1.93. The Hall–Kier alpha value is 0. The minimum atomic E-state index is 0.523. The molecule has 1 aliphatic rings. The molecule has 0 heteroatoms. The number of hydrogen-bond acceptors (Lipinski definition) is 0. The Morgan fingerprint density at radius 3 is 2.20 bits per heavy atom. The molecule has 0 N–H and O–H groups in total. The molecule has 0 amide bonds. The summed E-state index contributed by atoms with van der Waals surface area (Å²) >= 11 is 0. The Bertz CT molecular complexity index is 197. The van der Waals surface area contributed by atoms with Gasteiger partial charge in [-0.3, -0.25) is 0 Å². The molecule has 0 unspecified atom stereocenters. The molecule has 1 rings (SSSR count). The van der Waals surface area contributed by atoms with Crippen molar-refractivity contribution in [2.24, 2.45) is 22.7 Å². The van der Waals surface area contributed by atoms with Gasteiger partial charge in [0, 0.05) is 0 Å². The molecule has 1 aliphatic carbocycles. The fourth-order valence-electron chi connectivity index (χ4n) is 3.20. The van der Waals surface area contributed by atoms with Crippen LogP contribution < -0.4 is 0 Å². The Morgan fingerprint density at radius 2 is 1.87 bits per heavy atom. The molecule has 0 heterocycles. The minimum Gasteiger partial charge on any atom is -0.0651 e. The van der Waals surface area contributed by atoms with E-state index in [1.54, 1.807) is 0 Å². The van der Waals surface area contributed by atoms with Crippen molar-refractivity contribution in [2.45, 2.75) is 73.6 Å². The van der Waals surface area contributed by atoms with E-state index in [-0.39, 0.29) is 0 Å². The quantitative estimate of drug-likeness (QED) is 0.579. The van der Waals surface area contributed by atoms with E-state index in [1.807, 2.05) is 0 Å². The third-order valence-corrected chi connectivity index (χ3v) is 4.49. The Labute approximate surface area is 96.8 Å². The highest BCUT2D eigenvalue weighted by Gasteiger charge is 2.53. The van der Waals surface area contributed by atoms with Crippen LogP contribution >= 0.6 is 0 Å². The smallest absolute Gasteiger partial charge is 0.0243 e. The standard InChI is InChI=1S/C15H30/c1-7-13-11-15(13,12(2)3)10-8-9-14(4,5)6/h12-13H,7-11H2,1-6H3/t13-,15-/m1/s1. The molecule has 0 saturated heterocycles. The van der Waals surface area contributed by atoms with Crippen molar-refractivity contribution in [3.63, 3.8) is 0 Å². The average molecular weight is 210 g/mol. The van der Waals surface area contributed by atoms with E-state index in [1.165, 1.54) is 32.1 Å². The van der Waals surface area contributed by atoms with Gasteiger partial charge in [0.25, 0.3) is 0 Å². The van der Waals surface area contributed by atoms with Crippen molar-refractivity contribution in [1.29, 1.82) is 0 Å². The van der Waals surface area contributed by atoms with E-state index in [2.05, 4.69) is 41.5 Å². The average Bonchev–Trinajstić information content (AvgIpc) is 2.77. The first-order chi connectivity index (χ1) is 6.82. The van der Waals surface area contributed by atoms with Crippen molar-refractivity contribution < 1.29 is 0 Å². The highest BCUT2D eigenvalue weighted by Crippen LogP contribution is 2.62. The van der Waals surface area contributed by atoms with E-state index >= 15 is 0 Å². The van der Waals surface area contributed by atoms with Crippen LogP contribution in [0.25, 0.3) is 0 Å². The number of hydrogen-bond donors (Lipinski definition) is 0. The zero-order valence-corrected chi connectivity index (χ0v) is 11.7. The lowest BCUT2D eigenvalue weighted by molar-refractivity contribution is 0.262. The normalized spacial score (nSPS) is 31.0. The molecule has 90 valence electrons. The van der Waals surface area contributed by atoms with E-state index < -0.39 is 0 Å². The second kappa shape index (κ2) is 4.47. The molecule has 0 bridgehead atoms. The summed E-state index contributed by atoms with van der Waals surface area (Å²) in [7, 11) is 0. The third-order valence-electron chi connectivity index (χ3n) is 4.49. The van der Waals surface area contributed by atoms with Crippen LogP contribution in [0, 0.1) is 22.7 Å². The van der Waals surface area contributed by atoms with Crippen LogP contribution in [0.2, 0.25) is 0 Å². The molecule has 15 heavy (non-hydrogen) atoms. The molecular formula is C15H30. The number of rotatable bonds is 5. The van der Waals surface area contributed by atoms with Gasteiger partial charge in [-0.2, -0.15) is 0 Å². The lowest BCUT2D eigenvalue weighted by Gasteiger charge is -2.24. The SMILES string of the molecule is CC[C@@H]1C[C@]1(CCCC(C)(C)C)C(C)C. The van der Waals surface area contributed by atoms with Crippen LogP contribution in [0.15, 0.2) is 0 Å². The van der Waals surface area contributed by atoms with Crippen molar-refractivity contribution in [3.8, 4) is 0 Å². The summed E-state index contributed by atoms with van der Waals surface area (Å²) in [6.07, 6.45) is 7.19. The van der Waals surface area contributed by atoms with Crippen molar-refractivity contribution in [1.82, 2.24) is 0 Å². The topological polar surface area (TPSA) is 0 Å². The molecular weight excluding hydrogens is 180 g/mol. The summed E-state index contributed by atoms with van der Waals surface area (Å²) in [6, 6.07) is 0. The van der Waals surface area contributed by atoms with Crippen LogP contribution in [0.3, 0.4) is 0 Å². The van der Waals surface area contributed by atoms with Crippen LogP contribution in [0.4, 0.5) is 0 Å². The summed E-state index contributed by atoms with van der Waals surface area (Å²) in [5, 5.41) is 0. The van der Waals surface area contributed by atoms with Gasteiger partial charge in [0.15, 0.2) is 0 Å². The first kappa shape index (κ1) is 13.1. The fraction of sp³-hybridized carbons (Fsp3) is 1.00. The van der Waals surface area contributed by atoms with E-state index in [0.717, 1.165) is 17.3 Å². The Morgan fingerprint density at radius 1 is 1.27 bits per heavy atom. The van der Waals surface area contributed by atoms with E-state index in [9.17, 15) is 0 Å². The van der Waals surface area contributed by atoms with Gasteiger partial charge in [-0.1, -0.05) is 54.4 Å². The molecule has 0 radical (unpaired) electrons. The summed E-state index contributed by atoms with van der Waals surface area (Å²) in [4.78, 5) is 0. The zero-order valence-electron chi connectivity index (χ0n) is 11.7. The molecule has 0 aliphatic heterocycles. The van der Waals surface area contributed by atoms with Crippen LogP contribution in [-0.2, 0) is 0 Å². The summed E-state index contributed by atoms with van der Waals surface area (Å²) < 4.78 is 0. The molecule has 0 aromatic heterocycles. The van der Waals surface area contributed by atoms with Crippen LogP contribution in [0.1, 0.15) is 73.6 Å². The third kappa shape index (κ3) is 3.23. The molecule has 1 saturated carbocycles. The van der Waals surface area contributed by atoms with Gasteiger partial charge in [0.1, 0.15) is 0 Å². The second-order valence-electron chi connectivity index (χ2n) is 7.11. The lowest BCUT2D eigenvalue weighted by atomic mass is 9.81. The second-order valence-corrected chi connectivity index (χ2v) is 7.11. The largest absolute Gasteiger partial charge is 0.0651 e. The van der Waals surface area contributed by atoms with Gasteiger partial charge < -0.3 is 0 Å². The van der Waals surface area contributed by atoms with Crippen LogP contribution in [-0.4, -0.2) is 0 Å². The monoisotopic (exact) mass is 210 g/mol. The molecule has 0 nitrogen and oxygen atoms in total. The van der Waals surface area contributed by atoms with Gasteiger partial charge in [-0.25, -0.2) is 0 Å². The first-order valence-electron chi connectivity index (χ1n) is 6.82. The maximum atomic E-state index is 2.42. The molecule has 0 aromatic carbocycles. The highest BCUT2D eigenvalue weighted by molar-refractivity contribution is 5.03. The Balaban J connectivity index is 2.36. The highest BCUT2D eigenvalue weighted by atomic mass is 14.6. The van der Waals surface area contributed by atoms with E-state index in [4.69, 9.17) is 0 Å². The van der Waals surface area contributed by atoms with Gasteiger partial charge in [-0.05, 0) is 41.9 Å². The molecule has 1 fully saturated rings. The van der Waals surface area contributed by atoms with Gasteiger partial charge in [0.05, 0.1) is 0 Å². The maximum absolute atomic E-state index is 2.42. The van der Waals surface area contributed by atoms with E-state index in [0.29, 0.717) is 5.41 Å². The summed E-state index contributed by atoms with van der Waals surface area (Å²) in [6.45, 7) is 14.3. The predicted molar refractivity (Wildman–Crippen MR) is 69.0 cm³/mol. The van der Waals surface area contributed by atoms with Gasteiger partial charge in [-0.15, -0.1) is 0 Å². The van der Waals surface area contributed by atoms with Crippen molar-refractivity contribution >= 4 is 0 Å². The lowest BCUT2D eigenvalue weighted by Crippen LogP contribution is -2.14. The first-order valence-corrected chi connectivity index (χ1v) is 6.82. The van der Waals surface area contributed by atoms with Crippen molar-refractivity contribution in [2.75, 3.05) is 0 Å². The molecule has 2 atom stereocenters.